The van der Waals surface area contributed by atoms with Gasteiger partial charge >= 0.3 is 0 Å². The number of nitrogens with one attached hydrogen (secondary N) is 2. The first-order valence-corrected chi connectivity index (χ1v) is 9.90. The fraction of sp³-hybridized carbons (Fsp3) is 0.579. The number of hydrogen-bond donors (Lipinski definition) is 2. The van der Waals surface area contributed by atoms with Crippen molar-refractivity contribution < 1.29 is 9.53 Å². The monoisotopic (exact) mass is 386 g/mol. The number of amides is 1. The highest BCUT2D eigenvalue weighted by molar-refractivity contribution is 5.92. The van der Waals surface area contributed by atoms with Crippen molar-refractivity contribution in [2.24, 2.45) is 0 Å². The Bertz CT molecular complexity index is 863. The third-order valence-corrected chi connectivity index (χ3v) is 5.50. The van der Waals surface area contributed by atoms with Gasteiger partial charge < -0.3 is 10.1 Å². The molecule has 28 heavy (non-hydrogen) atoms. The Morgan fingerprint density at radius 1 is 1.36 bits per heavy atom. The summed E-state index contributed by atoms with van der Waals surface area (Å²) in [7, 11) is 0. The van der Waals surface area contributed by atoms with Gasteiger partial charge in [-0.05, 0) is 25.5 Å². The van der Waals surface area contributed by atoms with Crippen molar-refractivity contribution >= 4 is 5.91 Å². The minimum absolute atomic E-state index is 0.0784. The quantitative estimate of drug-likeness (QED) is 0.741. The smallest absolute Gasteiger partial charge is 0.269 e. The highest BCUT2D eigenvalue weighted by atomic mass is 16.5. The minimum atomic E-state index is -0.141. The summed E-state index contributed by atoms with van der Waals surface area (Å²) in [5, 5.41) is 14.0. The SMILES string of the molecule is O=C(NCC1CCCCN1CCn1nc2c(cc1=O)COCC2)c1ccn[nH]1. The van der Waals surface area contributed by atoms with Gasteiger partial charge in [0.25, 0.3) is 11.5 Å². The number of aromatic nitrogens is 4. The molecular weight excluding hydrogens is 360 g/mol. The number of H-pyrrole nitrogens is 1. The second-order valence-electron chi connectivity index (χ2n) is 7.35. The van der Waals surface area contributed by atoms with E-state index in [0.29, 0.717) is 32.0 Å². The molecule has 9 nitrogen and oxygen atoms in total. The Hall–Kier alpha value is -2.52. The first kappa shape index (κ1) is 18.8. The van der Waals surface area contributed by atoms with Gasteiger partial charge in [-0.3, -0.25) is 19.6 Å². The van der Waals surface area contributed by atoms with E-state index in [1.165, 1.54) is 0 Å². The summed E-state index contributed by atoms with van der Waals surface area (Å²) in [6, 6.07) is 3.58. The summed E-state index contributed by atoms with van der Waals surface area (Å²) in [6.07, 6.45) is 5.64. The lowest BCUT2D eigenvalue weighted by atomic mass is 10.0. The number of carbonyl (C=O) groups is 1. The van der Waals surface area contributed by atoms with Crippen LogP contribution in [0, 0.1) is 0 Å². The Morgan fingerprint density at radius 2 is 2.29 bits per heavy atom. The molecule has 150 valence electrons. The van der Waals surface area contributed by atoms with Crippen molar-refractivity contribution in [3.05, 3.63) is 45.6 Å². The van der Waals surface area contributed by atoms with Crippen molar-refractivity contribution in [1.29, 1.82) is 0 Å². The van der Waals surface area contributed by atoms with Crippen LogP contribution in [0.2, 0.25) is 0 Å². The van der Waals surface area contributed by atoms with E-state index < -0.39 is 0 Å². The van der Waals surface area contributed by atoms with E-state index in [9.17, 15) is 9.59 Å². The van der Waals surface area contributed by atoms with Crippen LogP contribution in [0.15, 0.2) is 23.1 Å². The zero-order valence-electron chi connectivity index (χ0n) is 15.9. The Kier molecular flexibility index (Phi) is 5.82. The highest BCUT2D eigenvalue weighted by Gasteiger charge is 2.23. The van der Waals surface area contributed by atoms with E-state index in [1.807, 2.05) is 0 Å². The summed E-state index contributed by atoms with van der Waals surface area (Å²) in [6.45, 7) is 3.98. The molecule has 4 rings (SSSR count). The summed E-state index contributed by atoms with van der Waals surface area (Å²) in [4.78, 5) is 26.9. The zero-order chi connectivity index (χ0) is 19.3. The Balaban J connectivity index is 1.36. The molecule has 0 saturated carbocycles. The van der Waals surface area contributed by atoms with Gasteiger partial charge in [0.1, 0.15) is 5.69 Å². The van der Waals surface area contributed by atoms with Crippen LogP contribution in [-0.2, 0) is 24.3 Å². The molecule has 1 unspecified atom stereocenters. The van der Waals surface area contributed by atoms with Crippen molar-refractivity contribution in [3.8, 4) is 0 Å². The third kappa shape index (κ3) is 4.31. The number of ether oxygens (including phenoxy) is 1. The Morgan fingerprint density at radius 3 is 3.14 bits per heavy atom. The molecule has 2 aliphatic rings. The van der Waals surface area contributed by atoms with Crippen LogP contribution in [0.5, 0.6) is 0 Å². The summed E-state index contributed by atoms with van der Waals surface area (Å²) >= 11 is 0. The van der Waals surface area contributed by atoms with Crippen LogP contribution in [0.25, 0.3) is 0 Å². The van der Waals surface area contributed by atoms with E-state index >= 15 is 0 Å². The number of aromatic amines is 1. The van der Waals surface area contributed by atoms with Crippen LogP contribution in [0.3, 0.4) is 0 Å². The number of piperidine rings is 1. The molecule has 0 aliphatic carbocycles. The van der Waals surface area contributed by atoms with Gasteiger partial charge in [-0.1, -0.05) is 6.42 Å². The molecule has 1 saturated heterocycles. The van der Waals surface area contributed by atoms with Gasteiger partial charge in [-0.15, -0.1) is 0 Å². The summed E-state index contributed by atoms with van der Waals surface area (Å²) in [5.74, 6) is -0.141. The molecule has 0 bridgehead atoms. The van der Waals surface area contributed by atoms with Crippen LogP contribution < -0.4 is 10.9 Å². The normalized spacial score (nSPS) is 19.9. The van der Waals surface area contributed by atoms with E-state index in [-0.39, 0.29) is 17.5 Å². The van der Waals surface area contributed by atoms with Crippen LogP contribution >= 0.6 is 0 Å². The number of nitrogens with zero attached hydrogens (tertiary/aromatic N) is 4. The average Bonchev–Trinajstić information content (AvgIpc) is 3.26. The molecule has 0 radical (unpaired) electrons. The largest absolute Gasteiger partial charge is 0.376 e. The van der Waals surface area contributed by atoms with Gasteiger partial charge in [0.05, 0.1) is 25.5 Å². The standard InChI is InChI=1S/C19H26N6O3/c26-18-11-14-13-28-10-5-16(14)23-25(18)9-8-24-7-2-1-3-15(24)12-20-19(27)17-4-6-21-22-17/h4,6,11,15H,1-3,5,7-10,12-13H2,(H,20,27)(H,21,22). The van der Waals surface area contributed by atoms with Crippen LogP contribution in [-0.4, -0.2) is 63.1 Å². The molecule has 0 aromatic carbocycles. The second kappa shape index (κ2) is 8.66. The van der Waals surface area contributed by atoms with Gasteiger partial charge in [0, 0.05) is 43.4 Å². The number of rotatable bonds is 6. The molecule has 2 N–H and O–H groups in total. The lowest BCUT2D eigenvalue weighted by Crippen LogP contribution is -2.48. The van der Waals surface area contributed by atoms with E-state index in [4.69, 9.17) is 4.74 Å². The predicted octanol–water partition coefficient (Wildman–Crippen LogP) is 0.324. The van der Waals surface area contributed by atoms with Crippen molar-refractivity contribution in [2.75, 3.05) is 26.2 Å². The second-order valence-corrected chi connectivity index (χ2v) is 7.35. The number of carbonyl (C=O) groups excluding carboxylic acids is 1. The van der Waals surface area contributed by atoms with Gasteiger partial charge in [0.2, 0.25) is 0 Å². The average molecular weight is 386 g/mol. The van der Waals surface area contributed by atoms with Gasteiger partial charge in [0.15, 0.2) is 0 Å². The highest BCUT2D eigenvalue weighted by Crippen LogP contribution is 2.17. The van der Waals surface area contributed by atoms with Crippen LogP contribution in [0.1, 0.15) is 41.0 Å². The maximum atomic E-state index is 12.4. The lowest BCUT2D eigenvalue weighted by Gasteiger charge is -2.35. The molecule has 1 atom stereocenters. The van der Waals surface area contributed by atoms with Gasteiger partial charge in [-0.2, -0.15) is 10.2 Å². The first-order valence-electron chi connectivity index (χ1n) is 9.90. The maximum Gasteiger partial charge on any atom is 0.269 e. The molecule has 2 aliphatic heterocycles. The van der Waals surface area contributed by atoms with E-state index in [1.54, 1.807) is 23.0 Å². The van der Waals surface area contributed by atoms with E-state index in [2.05, 4.69) is 25.5 Å². The molecule has 2 aromatic heterocycles. The lowest BCUT2D eigenvalue weighted by molar-refractivity contribution is 0.0903. The summed E-state index contributed by atoms with van der Waals surface area (Å²) in [5.41, 5.74) is 2.26. The number of hydrogen-bond acceptors (Lipinski definition) is 6. The van der Waals surface area contributed by atoms with Crippen molar-refractivity contribution in [2.45, 2.75) is 44.9 Å². The van der Waals surface area contributed by atoms with Gasteiger partial charge in [-0.25, -0.2) is 4.68 Å². The molecule has 9 heteroatoms. The topological polar surface area (TPSA) is 105 Å². The van der Waals surface area contributed by atoms with Crippen molar-refractivity contribution in [3.63, 3.8) is 0 Å². The molecule has 0 spiro atoms. The Labute approximate surface area is 163 Å². The predicted molar refractivity (Wildman–Crippen MR) is 102 cm³/mol. The first-order chi connectivity index (χ1) is 13.7. The third-order valence-electron chi connectivity index (χ3n) is 5.50. The molecule has 1 fully saturated rings. The molecular formula is C19H26N6O3. The van der Waals surface area contributed by atoms with E-state index in [0.717, 1.165) is 50.0 Å². The van der Waals surface area contributed by atoms with Crippen LogP contribution in [0.4, 0.5) is 0 Å². The molecule has 2 aromatic rings. The minimum Gasteiger partial charge on any atom is -0.376 e. The summed E-state index contributed by atoms with van der Waals surface area (Å²) < 4.78 is 6.96. The number of likely N-dealkylation sites (tertiary alicyclic amines) is 1. The number of fused-ring (bicyclic) bond motifs is 1. The fourth-order valence-electron chi connectivity index (χ4n) is 3.91. The fourth-order valence-corrected chi connectivity index (χ4v) is 3.91. The molecule has 1 amide bonds. The molecule has 4 heterocycles. The zero-order valence-corrected chi connectivity index (χ0v) is 15.9. The maximum absolute atomic E-state index is 12.4. The van der Waals surface area contributed by atoms with Crippen molar-refractivity contribution in [1.82, 2.24) is 30.2 Å².